The van der Waals surface area contributed by atoms with E-state index in [1.54, 1.807) is 0 Å². The summed E-state index contributed by atoms with van der Waals surface area (Å²) in [7, 11) is 0. The molecule has 0 aromatic heterocycles. The van der Waals surface area contributed by atoms with Gasteiger partial charge in [0.2, 0.25) is 0 Å². The number of phenolic OH excluding ortho intramolecular Hbond substituents is 1. The van der Waals surface area contributed by atoms with Crippen LogP contribution < -0.4 is 5.73 Å². The van der Waals surface area contributed by atoms with Gasteiger partial charge in [0.05, 0.1) is 0 Å². The average Bonchev–Trinajstić information content (AvgIpc) is 2.23. The third-order valence-electron chi connectivity index (χ3n) is 2.47. The number of ketones is 1. The normalized spacial score (nSPS) is 14.5. The summed E-state index contributed by atoms with van der Waals surface area (Å²) in [5, 5.41) is 8.96. The smallest absolute Gasteiger partial charge is 0.165 e. The third kappa shape index (κ3) is 2.55. The van der Waals surface area contributed by atoms with Gasteiger partial charge < -0.3 is 10.8 Å². The molecule has 0 saturated carbocycles. The molecule has 0 saturated heterocycles. The van der Waals surface area contributed by atoms with Crippen LogP contribution in [0.15, 0.2) is 18.2 Å². The van der Waals surface area contributed by atoms with E-state index >= 15 is 0 Å². The number of rotatable bonds is 4. The van der Waals surface area contributed by atoms with E-state index in [9.17, 15) is 13.6 Å². The molecule has 5 heteroatoms. The summed E-state index contributed by atoms with van der Waals surface area (Å²) < 4.78 is 25.7. The Hall–Kier alpha value is -1.49. The summed E-state index contributed by atoms with van der Waals surface area (Å²) in [6, 6.07) is 3.58. The molecule has 1 aromatic carbocycles. The Morgan fingerprint density at radius 3 is 2.62 bits per heavy atom. The Morgan fingerprint density at radius 2 is 2.19 bits per heavy atom. The van der Waals surface area contributed by atoms with Gasteiger partial charge in [-0.15, -0.1) is 0 Å². The SMILES string of the molecule is CC(=O)C(N)(CF)Cc1ccc(O)c(F)c1. The monoisotopic (exact) mass is 229 g/mol. The van der Waals surface area contributed by atoms with Crippen molar-refractivity contribution in [3.8, 4) is 5.75 Å². The summed E-state index contributed by atoms with van der Waals surface area (Å²) in [4.78, 5) is 11.1. The summed E-state index contributed by atoms with van der Waals surface area (Å²) in [6.07, 6.45) is -0.101. The van der Waals surface area contributed by atoms with Gasteiger partial charge in [-0.25, -0.2) is 8.78 Å². The van der Waals surface area contributed by atoms with E-state index in [-0.39, 0.29) is 6.42 Å². The first-order valence-corrected chi connectivity index (χ1v) is 4.72. The fourth-order valence-corrected chi connectivity index (χ4v) is 1.29. The van der Waals surface area contributed by atoms with Gasteiger partial charge in [0.1, 0.15) is 12.2 Å². The highest BCUT2D eigenvalue weighted by Gasteiger charge is 2.31. The number of hydrogen-bond acceptors (Lipinski definition) is 3. The molecular weight excluding hydrogens is 216 g/mol. The van der Waals surface area contributed by atoms with Crippen LogP contribution in [0.4, 0.5) is 8.78 Å². The van der Waals surface area contributed by atoms with Crippen molar-refractivity contribution in [1.29, 1.82) is 0 Å². The zero-order chi connectivity index (χ0) is 12.3. The lowest BCUT2D eigenvalue weighted by Gasteiger charge is -2.22. The van der Waals surface area contributed by atoms with Crippen molar-refractivity contribution in [3.63, 3.8) is 0 Å². The van der Waals surface area contributed by atoms with Gasteiger partial charge in [-0.3, -0.25) is 4.79 Å². The average molecular weight is 229 g/mol. The highest BCUT2D eigenvalue weighted by Crippen LogP contribution is 2.20. The van der Waals surface area contributed by atoms with Crippen LogP contribution in [-0.4, -0.2) is 23.1 Å². The van der Waals surface area contributed by atoms with Crippen LogP contribution in [0.2, 0.25) is 0 Å². The number of aromatic hydroxyl groups is 1. The quantitative estimate of drug-likeness (QED) is 0.818. The lowest BCUT2D eigenvalue weighted by Crippen LogP contribution is -2.50. The lowest BCUT2D eigenvalue weighted by atomic mass is 9.89. The Morgan fingerprint density at radius 1 is 1.56 bits per heavy atom. The van der Waals surface area contributed by atoms with E-state index in [2.05, 4.69) is 0 Å². The van der Waals surface area contributed by atoms with E-state index in [4.69, 9.17) is 10.8 Å². The minimum Gasteiger partial charge on any atom is -0.505 e. The third-order valence-corrected chi connectivity index (χ3v) is 2.47. The van der Waals surface area contributed by atoms with Crippen molar-refractivity contribution in [2.45, 2.75) is 18.9 Å². The van der Waals surface area contributed by atoms with Gasteiger partial charge in [-0.05, 0) is 24.6 Å². The van der Waals surface area contributed by atoms with Crippen molar-refractivity contribution in [1.82, 2.24) is 0 Å². The van der Waals surface area contributed by atoms with Crippen molar-refractivity contribution >= 4 is 5.78 Å². The molecule has 0 aliphatic heterocycles. The first-order valence-electron chi connectivity index (χ1n) is 4.72. The maximum absolute atomic E-state index is 13.0. The Balaban J connectivity index is 2.95. The Labute approximate surface area is 91.9 Å². The summed E-state index contributed by atoms with van der Waals surface area (Å²) in [5.41, 5.74) is 4.30. The van der Waals surface area contributed by atoms with Crippen molar-refractivity contribution in [2.75, 3.05) is 6.67 Å². The molecule has 0 fully saturated rings. The number of Topliss-reactive ketones (excluding diaryl/α,β-unsaturated/α-hetero) is 1. The fourth-order valence-electron chi connectivity index (χ4n) is 1.29. The molecule has 0 amide bonds. The number of phenols is 1. The van der Waals surface area contributed by atoms with Crippen LogP contribution in [0.3, 0.4) is 0 Å². The van der Waals surface area contributed by atoms with Gasteiger partial charge in [0, 0.05) is 6.42 Å². The van der Waals surface area contributed by atoms with Crippen LogP contribution in [0.1, 0.15) is 12.5 Å². The number of alkyl halides is 1. The largest absolute Gasteiger partial charge is 0.505 e. The molecule has 1 atom stereocenters. The van der Waals surface area contributed by atoms with Gasteiger partial charge in [-0.1, -0.05) is 6.07 Å². The molecule has 0 aliphatic rings. The first-order chi connectivity index (χ1) is 7.39. The minimum atomic E-state index is -1.62. The minimum absolute atomic E-state index is 0.101. The molecule has 3 nitrogen and oxygen atoms in total. The van der Waals surface area contributed by atoms with Gasteiger partial charge >= 0.3 is 0 Å². The number of benzene rings is 1. The van der Waals surface area contributed by atoms with Crippen LogP contribution in [0.5, 0.6) is 5.75 Å². The molecule has 1 aromatic rings. The second-order valence-corrected chi connectivity index (χ2v) is 3.81. The molecule has 0 heterocycles. The predicted molar refractivity (Wildman–Crippen MR) is 55.3 cm³/mol. The fraction of sp³-hybridized carbons (Fsp3) is 0.364. The second-order valence-electron chi connectivity index (χ2n) is 3.81. The molecular formula is C11H13F2NO2. The molecule has 0 aliphatic carbocycles. The second kappa shape index (κ2) is 4.57. The highest BCUT2D eigenvalue weighted by atomic mass is 19.1. The molecule has 1 rings (SSSR count). The van der Waals surface area contributed by atoms with Crippen molar-refractivity contribution in [3.05, 3.63) is 29.6 Å². The standard InChI is InChI=1S/C11H13F2NO2/c1-7(15)11(14,6-12)5-8-2-3-10(16)9(13)4-8/h2-4,16H,5-6,14H2,1H3. The number of carbonyl (C=O) groups is 1. The Kier molecular flexibility index (Phi) is 3.59. The highest BCUT2D eigenvalue weighted by molar-refractivity contribution is 5.86. The van der Waals surface area contributed by atoms with Crippen LogP contribution in [0.25, 0.3) is 0 Å². The van der Waals surface area contributed by atoms with Crippen molar-refractivity contribution < 1.29 is 18.7 Å². The number of carbonyl (C=O) groups excluding carboxylic acids is 1. The number of halogens is 2. The molecule has 0 radical (unpaired) electrons. The summed E-state index contributed by atoms with van der Waals surface area (Å²) in [6.45, 7) is 0.182. The van der Waals surface area contributed by atoms with Crippen LogP contribution >= 0.6 is 0 Å². The van der Waals surface area contributed by atoms with E-state index in [0.717, 1.165) is 12.1 Å². The van der Waals surface area contributed by atoms with E-state index in [1.165, 1.54) is 13.0 Å². The lowest BCUT2D eigenvalue weighted by molar-refractivity contribution is -0.122. The van der Waals surface area contributed by atoms with Gasteiger partial charge in [-0.2, -0.15) is 0 Å². The maximum Gasteiger partial charge on any atom is 0.165 e. The number of nitrogens with two attached hydrogens (primary N) is 1. The van der Waals surface area contributed by atoms with E-state index in [1.807, 2.05) is 0 Å². The molecule has 88 valence electrons. The topological polar surface area (TPSA) is 63.3 Å². The zero-order valence-electron chi connectivity index (χ0n) is 8.84. The molecule has 16 heavy (non-hydrogen) atoms. The zero-order valence-corrected chi connectivity index (χ0v) is 8.84. The molecule has 0 bridgehead atoms. The predicted octanol–water partition coefficient (Wildman–Crippen LogP) is 1.33. The molecule has 3 N–H and O–H groups in total. The Bertz CT molecular complexity index is 409. The van der Waals surface area contributed by atoms with Gasteiger partial charge in [0.15, 0.2) is 17.3 Å². The van der Waals surface area contributed by atoms with Crippen LogP contribution in [-0.2, 0) is 11.2 Å². The summed E-state index contributed by atoms with van der Waals surface area (Å²) in [5.74, 6) is -1.81. The maximum atomic E-state index is 13.0. The molecule has 0 spiro atoms. The summed E-state index contributed by atoms with van der Waals surface area (Å²) >= 11 is 0. The van der Waals surface area contributed by atoms with E-state index < -0.39 is 29.6 Å². The van der Waals surface area contributed by atoms with Crippen LogP contribution in [0, 0.1) is 5.82 Å². The number of hydrogen-bond donors (Lipinski definition) is 2. The van der Waals surface area contributed by atoms with Crippen molar-refractivity contribution in [2.24, 2.45) is 5.73 Å². The first kappa shape index (κ1) is 12.6. The van der Waals surface area contributed by atoms with E-state index in [0.29, 0.717) is 5.56 Å². The molecule has 1 unspecified atom stereocenters. The van der Waals surface area contributed by atoms with Gasteiger partial charge in [0.25, 0.3) is 0 Å².